The number of rotatable bonds is 10. The van der Waals surface area contributed by atoms with Gasteiger partial charge in [-0.3, -0.25) is 15.0 Å². The van der Waals surface area contributed by atoms with Gasteiger partial charge >= 0.3 is 6.03 Å². The van der Waals surface area contributed by atoms with Crippen LogP contribution in [0, 0.1) is 5.82 Å². The van der Waals surface area contributed by atoms with Crippen LogP contribution in [0.1, 0.15) is 22.3 Å². The van der Waals surface area contributed by atoms with Gasteiger partial charge in [0, 0.05) is 31.3 Å². The fourth-order valence-electron chi connectivity index (χ4n) is 3.07. The lowest BCUT2D eigenvalue weighted by Crippen LogP contribution is -2.38. The van der Waals surface area contributed by atoms with Crippen LogP contribution < -0.4 is 25.8 Å². The van der Waals surface area contributed by atoms with Gasteiger partial charge in [-0.05, 0) is 36.6 Å². The zero-order valence-corrected chi connectivity index (χ0v) is 18.5. The molecule has 174 valence electrons. The Morgan fingerprint density at radius 2 is 2.12 bits per heavy atom. The first kappa shape index (κ1) is 23.7. The zero-order chi connectivity index (χ0) is 22.9. The Bertz CT molecular complexity index is 935. The minimum atomic E-state index is -0.813. The molecule has 1 aromatic heterocycles. The molecule has 0 atom stereocenters. The molecule has 4 N–H and O–H groups in total. The number of carbonyl (C=O) groups is 2. The molecule has 0 spiro atoms. The highest BCUT2D eigenvalue weighted by molar-refractivity contribution is 7.11. The molecule has 0 unspecified atom stereocenters. The second kappa shape index (κ2) is 11.6. The van der Waals surface area contributed by atoms with Crippen LogP contribution in [-0.4, -0.2) is 67.7 Å². The van der Waals surface area contributed by atoms with Crippen LogP contribution in [0.3, 0.4) is 0 Å². The minimum Gasteiger partial charge on any atom is -0.497 e. The lowest BCUT2D eigenvalue weighted by atomic mass is 10.2. The minimum absolute atomic E-state index is 0.0626. The maximum atomic E-state index is 14.1. The molecule has 1 aliphatic heterocycles. The molecule has 0 radical (unpaired) electrons. The van der Waals surface area contributed by atoms with Gasteiger partial charge in [-0.25, -0.2) is 9.18 Å². The van der Waals surface area contributed by atoms with Crippen molar-refractivity contribution in [2.45, 2.75) is 13.0 Å². The molecule has 2 aromatic rings. The first-order chi connectivity index (χ1) is 15.5. The van der Waals surface area contributed by atoms with Crippen molar-refractivity contribution in [1.29, 1.82) is 0 Å². The Kier molecular flexibility index (Phi) is 8.59. The molecule has 10 nitrogen and oxygen atoms in total. The van der Waals surface area contributed by atoms with Gasteiger partial charge < -0.3 is 25.3 Å². The Labute approximate surface area is 189 Å². The standard InChI is InChI=1S/C20H26FN5O5S/c1-29-14-4-3-13(15(21)11-14)12-31-18-16(17(22)27)19(32-25-18)24-20(28)23-5-2-6-26-7-9-30-10-8-26/h3-4,11H,2,5-10,12H2,1H3,(H2,22,27)(H2,23,24,28). The van der Waals surface area contributed by atoms with E-state index in [1.54, 1.807) is 6.07 Å². The Hall–Kier alpha value is -2.96. The van der Waals surface area contributed by atoms with Crippen LogP contribution in [0.15, 0.2) is 18.2 Å². The number of aromatic nitrogens is 1. The van der Waals surface area contributed by atoms with E-state index in [0.29, 0.717) is 12.3 Å². The second-order valence-electron chi connectivity index (χ2n) is 6.99. The molecular weight excluding hydrogens is 441 g/mol. The molecule has 2 heterocycles. The highest BCUT2D eigenvalue weighted by Crippen LogP contribution is 2.31. The van der Waals surface area contributed by atoms with Crippen LogP contribution >= 0.6 is 11.5 Å². The third kappa shape index (κ3) is 6.52. The Morgan fingerprint density at radius 3 is 2.81 bits per heavy atom. The van der Waals surface area contributed by atoms with E-state index < -0.39 is 17.8 Å². The van der Waals surface area contributed by atoms with Crippen molar-refractivity contribution in [2.75, 3.05) is 51.8 Å². The number of morpholine rings is 1. The number of benzene rings is 1. The third-order valence-electron chi connectivity index (χ3n) is 4.80. The van der Waals surface area contributed by atoms with E-state index in [4.69, 9.17) is 19.9 Å². The summed E-state index contributed by atoms with van der Waals surface area (Å²) in [5.41, 5.74) is 5.64. The molecule has 1 saturated heterocycles. The average Bonchev–Trinajstić information content (AvgIpc) is 3.19. The van der Waals surface area contributed by atoms with Crippen LogP contribution in [0.4, 0.5) is 14.2 Å². The van der Waals surface area contributed by atoms with Crippen molar-refractivity contribution < 1.29 is 28.2 Å². The molecule has 0 aliphatic carbocycles. The number of carbonyl (C=O) groups excluding carboxylic acids is 2. The smallest absolute Gasteiger partial charge is 0.319 e. The number of hydrogen-bond donors (Lipinski definition) is 3. The van der Waals surface area contributed by atoms with Crippen LogP contribution in [0.2, 0.25) is 0 Å². The van der Waals surface area contributed by atoms with Gasteiger partial charge in [-0.15, -0.1) is 0 Å². The maximum absolute atomic E-state index is 14.1. The van der Waals surface area contributed by atoms with Crippen LogP contribution in [0.5, 0.6) is 11.6 Å². The van der Waals surface area contributed by atoms with E-state index in [1.165, 1.54) is 19.2 Å². The lowest BCUT2D eigenvalue weighted by molar-refractivity contribution is 0.0375. The topological polar surface area (TPSA) is 128 Å². The maximum Gasteiger partial charge on any atom is 0.319 e. The summed E-state index contributed by atoms with van der Waals surface area (Å²) in [6.07, 6.45) is 0.778. The Morgan fingerprint density at radius 1 is 1.34 bits per heavy atom. The average molecular weight is 468 g/mol. The number of amides is 3. The summed E-state index contributed by atoms with van der Waals surface area (Å²) in [6, 6.07) is 3.85. The molecule has 1 fully saturated rings. The number of nitrogens with one attached hydrogen (secondary N) is 2. The molecule has 3 rings (SSSR count). The highest BCUT2D eigenvalue weighted by Gasteiger charge is 2.22. The molecule has 1 aromatic carbocycles. The molecule has 0 bridgehead atoms. The molecule has 1 aliphatic rings. The molecule has 12 heteroatoms. The highest BCUT2D eigenvalue weighted by atomic mass is 32.1. The van der Waals surface area contributed by atoms with E-state index in [2.05, 4.69) is 19.9 Å². The van der Waals surface area contributed by atoms with Crippen molar-refractivity contribution >= 4 is 28.5 Å². The van der Waals surface area contributed by atoms with Crippen molar-refractivity contribution in [1.82, 2.24) is 14.6 Å². The number of halogens is 1. The second-order valence-corrected chi connectivity index (χ2v) is 7.76. The van der Waals surface area contributed by atoms with Gasteiger partial charge in [-0.1, -0.05) is 0 Å². The summed E-state index contributed by atoms with van der Waals surface area (Å²) >= 11 is 0.857. The van der Waals surface area contributed by atoms with Gasteiger partial charge in [0.15, 0.2) is 0 Å². The predicted molar refractivity (Wildman–Crippen MR) is 117 cm³/mol. The summed E-state index contributed by atoms with van der Waals surface area (Å²) in [4.78, 5) is 26.4. The normalized spacial score (nSPS) is 14.1. The number of urea groups is 1. The quantitative estimate of drug-likeness (QED) is 0.455. The van der Waals surface area contributed by atoms with Gasteiger partial charge in [-0.2, -0.15) is 4.37 Å². The number of nitrogens with two attached hydrogens (primary N) is 1. The molecule has 32 heavy (non-hydrogen) atoms. The first-order valence-electron chi connectivity index (χ1n) is 10.1. The summed E-state index contributed by atoms with van der Waals surface area (Å²) in [6.45, 7) is 4.38. The first-order valence-corrected chi connectivity index (χ1v) is 10.8. The predicted octanol–water partition coefficient (Wildman–Crippen LogP) is 1.81. The van der Waals surface area contributed by atoms with E-state index >= 15 is 0 Å². The SMILES string of the molecule is COc1ccc(COc2nsc(NC(=O)NCCCN3CCOCC3)c2C(N)=O)c(F)c1. The van der Waals surface area contributed by atoms with E-state index in [1.807, 2.05) is 0 Å². The number of anilines is 1. The number of hydrogen-bond acceptors (Lipinski definition) is 8. The van der Waals surface area contributed by atoms with Crippen molar-refractivity contribution in [3.05, 3.63) is 35.1 Å². The van der Waals surface area contributed by atoms with Crippen LogP contribution in [-0.2, 0) is 11.3 Å². The van der Waals surface area contributed by atoms with E-state index in [0.717, 1.165) is 50.8 Å². The number of primary amides is 1. The Balaban J connectivity index is 1.52. The largest absolute Gasteiger partial charge is 0.497 e. The summed E-state index contributed by atoms with van der Waals surface area (Å²) < 4.78 is 33.9. The monoisotopic (exact) mass is 467 g/mol. The van der Waals surface area contributed by atoms with Crippen molar-refractivity contribution in [3.8, 4) is 11.6 Å². The number of ether oxygens (including phenoxy) is 3. The molecule has 3 amide bonds. The number of methoxy groups -OCH3 is 1. The summed E-state index contributed by atoms with van der Waals surface area (Å²) in [5.74, 6) is -1.03. The lowest BCUT2D eigenvalue weighted by Gasteiger charge is -2.26. The van der Waals surface area contributed by atoms with Gasteiger partial charge in [0.1, 0.15) is 28.7 Å². The number of nitrogens with zero attached hydrogens (tertiary/aromatic N) is 2. The van der Waals surface area contributed by atoms with Crippen molar-refractivity contribution in [2.24, 2.45) is 5.73 Å². The fraction of sp³-hybridized carbons (Fsp3) is 0.450. The summed E-state index contributed by atoms with van der Waals surface area (Å²) in [5, 5.41) is 5.48. The zero-order valence-electron chi connectivity index (χ0n) is 17.7. The molecular formula is C20H26FN5O5S. The van der Waals surface area contributed by atoms with E-state index in [-0.39, 0.29) is 28.6 Å². The van der Waals surface area contributed by atoms with Crippen LogP contribution in [0.25, 0.3) is 0 Å². The fourth-order valence-corrected chi connectivity index (χ4v) is 3.81. The molecule has 0 saturated carbocycles. The van der Waals surface area contributed by atoms with Gasteiger partial charge in [0.05, 0.1) is 20.3 Å². The van der Waals surface area contributed by atoms with Gasteiger partial charge in [0.25, 0.3) is 5.91 Å². The third-order valence-corrected chi connectivity index (χ3v) is 5.55. The summed E-state index contributed by atoms with van der Waals surface area (Å²) in [7, 11) is 1.44. The van der Waals surface area contributed by atoms with Gasteiger partial charge in [0.2, 0.25) is 5.88 Å². The van der Waals surface area contributed by atoms with E-state index in [9.17, 15) is 14.0 Å². The van der Waals surface area contributed by atoms with Crippen molar-refractivity contribution in [3.63, 3.8) is 0 Å².